The van der Waals surface area contributed by atoms with Gasteiger partial charge in [0, 0.05) is 25.3 Å². The fourth-order valence-corrected chi connectivity index (χ4v) is 3.04. The average Bonchev–Trinajstić information content (AvgIpc) is 3.41. The number of hydrogen-bond donors (Lipinski definition) is 3. The third-order valence-corrected chi connectivity index (χ3v) is 6.14. The number of carbonyl (C=O) groups excluding carboxylic acids is 2. The first-order valence-corrected chi connectivity index (χ1v) is 14.3. The Hall–Kier alpha value is 1.15. The minimum absolute atomic E-state index is 0. The van der Waals surface area contributed by atoms with Crippen molar-refractivity contribution in [2.24, 2.45) is 11.1 Å². The number of amidine groups is 1. The van der Waals surface area contributed by atoms with E-state index in [4.69, 9.17) is 22.6 Å². The van der Waals surface area contributed by atoms with Crippen LogP contribution >= 0.6 is 60.2 Å². The summed E-state index contributed by atoms with van der Waals surface area (Å²) in [6, 6.07) is 15.5. The molecule has 0 unspecified atom stereocenters. The van der Waals surface area contributed by atoms with Gasteiger partial charge in [-0.2, -0.15) is 0 Å². The first-order chi connectivity index (χ1) is 19.0. The topological polar surface area (TPSA) is 145 Å². The molecule has 1 heterocycles. The summed E-state index contributed by atoms with van der Waals surface area (Å²) in [5.74, 6) is 1.37. The molecule has 0 atom stereocenters. The van der Waals surface area contributed by atoms with Crippen molar-refractivity contribution < 1.29 is 130 Å². The maximum Gasteiger partial charge on any atom is 1.00 e. The molecule has 3 rings (SSSR count). The summed E-state index contributed by atoms with van der Waals surface area (Å²) in [6.07, 6.45) is 1.89. The molecule has 0 aliphatic carbocycles. The summed E-state index contributed by atoms with van der Waals surface area (Å²) in [7, 11) is -1.00. The molecule has 3 aromatic rings. The molecule has 8 nitrogen and oxygen atoms in total. The van der Waals surface area contributed by atoms with Crippen molar-refractivity contribution >= 4 is 78.3 Å². The van der Waals surface area contributed by atoms with Gasteiger partial charge < -0.3 is 22.3 Å². The molecule has 15 heteroatoms. The minimum Gasteiger partial charge on any atom is -1.00 e. The largest absolute Gasteiger partial charge is 1.00 e. The quantitative estimate of drug-likeness (QED) is 0.0533. The fourth-order valence-electron chi connectivity index (χ4n) is 2.19. The van der Waals surface area contributed by atoms with E-state index in [0.29, 0.717) is 5.33 Å². The number of hydrogen-bond acceptors (Lipinski definition) is 6. The predicted octanol–water partition coefficient (Wildman–Crippen LogP) is 1.69. The van der Waals surface area contributed by atoms with Gasteiger partial charge in [-0.25, -0.2) is 4.98 Å². The molecule has 0 bridgehead atoms. The maximum atomic E-state index is 11.1. The van der Waals surface area contributed by atoms with Crippen molar-refractivity contribution in [3.8, 4) is 11.3 Å². The third-order valence-electron chi connectivity index (χ3n) is 4.58. The van der Waals surface area contributed by atoms with E-state index in [2.05, 4.69) is 95.5 Å². The molecule has 0 radical (unpaired) electrons. The van der Waals surface area contributed by atoms with Crippen LogP contribution in [0, 0.1) is 10.8 Å². The molecule has 0 saturated heterocycles. The number of Topliss-reactive ketones (excluding diaryl/α,β-unsaturated/α-hetero) is 1. The number of benzene rings is 2. The number of H-pyrrole nitrogens is 1. The second kappa shape index (κ2) is 29.3. The van der Waals surface area contributed by atoms with Crippen molar-refractivity contribution in [2.75, 3.05) is 12.5 Å². The van der Waals surface area contributed by atoms with Gasteiger partial charge in [0.05, 0.1) is 31.6 Å². The molecule has 0 saturated carbocycles. The summed E-state index contributed by atoms with van der Waals surface area (Å²) in [5, 5.41) is 15.7. The number of aromatic amines is 1. The van der Waals surface area contributed by atoms with Gasteiger partial charge in [0.15, 0.2) is 5.78 Å². The zero-order valence-electron chi connectivity index (χ0n) is 27.8. The van der Waals surface area contributed by atoms with E-state index in [1.165, 1.54) is 0 Å². The second-order valence-electron chi connectivity index (χ2n) is 9.82. The smallest absolute Gasteiger partial charge is 1.00 e. The number of ketones is 1. The van der Waals surface area contributed by atoms with Crippen molar-refractivity contribution in [1.82, 2.24) is 9.97 Å². The second-order valence-corrected chi connectivity index (χ2v) is 12.2. The molecule has 2 aromatic carbocycles. The van der Waals surface area contributed by atoms with Crippen molar-refractivity contribution in [1.29, 1.82) is 5.41 Å². The predicted molar refractivity (Wildman–Crippen MR) is 177 cm³/mol. The molecule has 1 aromatic heterocycles. The number of rotatable bonds is 4. The van der Waals surface area contributed by atoms with E-state index >= 15 is 0 Å². The number of nitrogens with two attached hydrogens (primary N) is 1. The van der Waals surface area contributed by atoms with E-state index in [1.54, 1.807) is 12.1 Å². The van der Waals surface area contributed by atoms with Crippen LogP contribution in [-0.2, 0) is 15.1 Å². The standard InChI is InChI=1S/C13H15BrN2.C8H6Br2O.C5H12N2.CH3F.CH2O3.ClH.2K.H/c1-13(2,3)12-15-8-11(16-12)9-4-6-10(14)7-5-9;9-5-8(11)6-1-3-7(10)4-2-6;1-5(2,3)4(6)7;1-2;2-1-4-3;;;;/h4-8H,1-3H3,(H,15,16);1-4H,5H2;1-3H3,(H3,6,7);1H3;1,3H;1H;;;/q;;;;;;2*+1;-1/p-1/i;;;1D;;;;;. The normalized spacial score (nSPS) is 9.60. The number of imidazole rings is 1. The van der Waals surface area contributed by atoms with Gasteiger partial charge in [-0.1, -0.05) is 114 Å². The van der Waals surface area contributed by atoms with Gasteiger partial charge in [0.1, 0.15) is 5.82 Å². The van der Waals surface area contributed by atoms with Gasteiger partial charge in [0.2, 0.25) is 0 Å². The van der Waals surface area contributed by atoms with Crippen molar-refractivity contribution in [3.63, 3.8) is 0 Å². The van der Waals surface area contributed by atoms with Crippen molar-refractivity contribution in [2.45, 2.75) is 47.0 Å². The Morgan fingerprint density at radius 1 is 1.09 bits per heavy atom. The number of carbonyl (C=O) groups is 2. The number of alkyl halides is 2. The van der Waals surface area contributed by atoms with Crippen LogP contribution in [0.2, 0.25) is 0 Å². The SMILES string of the molecule is CC(C)(C)C(=N)N.CC(C)(C)c1ncc(-c2ccc(Br)cc2)[nH]1.Cl.O=C(CBr)c1ccc(Br)cc1.O=CO[O-].[2H]CF.[H-].[K+].[K+]. The Kier molecular flexibility index (Phi) is 34.8. The molecule has 0 fully saturated rings. The first-order valence-electron chi connectivity index (χ1n) is 12.3. The minimum atomic E-state index is -1.00. The Morgan fingerprint density at radius 2 is 1.47 bits per heavy atom. The Labute approximate surface area is 374 Å². The van der Waals surface area contributed by atoms with Crippen LogP contribution in [0.4, 0.5) is 4.39 Å². The summed E-state index contributed by atoms with van der Waals surface area (Å²) in [6.45, 7) is 12.0. The Morgan fingerprint density at radius 3 is 1.74 bits per heavy atom. The van der Waals surface area contributed by atoms with Crippen LogP contribution in [-0.4, -0.2) is 40.5 Å². The molecule has 43 heavy (non-hydrogen) atoms. The van der Waals surface area contributed by atoms with E-state index < -0.39 is 7.15 Å². The van der Waals surface area contributed by atoms with Crippen LogP contribution in [0.15, 0.2) is 63.7 Å². The number of nitrogens with one attached hydrogen (secondary N) is 2. The van der Waals surface area contributed by atoms with Gasteiger partial charge in [-0.05, 0) is 29.8 Å². The van der Waals surface area contributed by atoms with Crippen LogP contribution < -0.4 is 114 Å². The number of halogens is 5. The Bertz CT molecular complexity index is 1190. The van der Waals surface area contributed by atoms with Crippen LogP contribution in [0.5, 0.6) is 0 Å². The van der Waals surface area contributed by atoms with E-state index in [9.17, 15) is 9.18 Å². The summed E-state index contributed by atoms with van der Waals surface area (Å²) >= 11 is 9.83. The van der Waals surface area contributed by atoms with E-state index in [1.807, 2.05) is 51.2 Å². The first kappa shape index (κ1) is 51.0. The van der Waals surface area contributed by atoms with Gasteiger partial charge in [-0.15, -0.1) is 12.4 Å². The van der Waals surface area contributed by atoms with Gasteiger partial charge in [0.25, 0.3) is 6.47 Å². The number of aromatic nitrogens is 2. The van der Waals surface area contributed by atoms with E-state index in [-0.39, 0.29) is 146 Å². The molecule has 0 aliphatic heterocycles. The monoisotopic (exact) mass is 865 g/mol. The maximum absolute atomic E-state index is 11.1. The molecule has 232 valence electrons. The molecule has 4 N–H and O–H groups in total. The summed E-state index contributed by atoms with van der Waals surface area (Å²) in [4.78, 5) is 30.1. The average molecular weight is 869 g/mol. The fraction of sp³-hybridized carbons (Fsp3) is 0.357. The molecule has 0 aliphatic rings. The molecule has 0 amide bonds. The van der Waals surface area contributed by atoms with Crippen LogP contribution in [0.3, 0.4) is 0 Å². The van der Waals surface area contributed by atoms with Gasteiger partial charge in [-0.3, -0.25) is 19.4 Å². The zero-order valence-corrected chi connectivity index (χ0v) is 37.6. The molecule has 0 spiro atoms. The van der Waals surface area contributed by atoms with Crippen molar-refractivity contribution in [3.05, 3.63) is 75.1 Å². The summed E-state index contributed by atoms with van der Waals surface area (Å²) in [5.41, 5.74) is 8.04. The molecular weight excluding hydrogens is 829 g/mol. The third kappa shape index (κ3) is 25.9. The van der Waals surface area contributed by atoms with E-state index in [0.717, 1.165) is 31.6 Å². The Balaban J connectivity index is -0.000000116. The van der Waals surface area contributed by atoms with Crippen LogP contribution in [0.1, 0.15) is 60.5 Å². The number of nitrogens with zero attached hydrogens (tertiary/aromatic N) is 1. The van der Waals surface area contributed by atoms with Gasteiger partial charge >= 0.3 is 103 Å². The van der Waals surface area contributed by atoms with Crippen LogP contribution in [0.25, 0.3) is 11.3 Å². The molecular formula is C28H39Br3ClFK2N4O4. The summed E-state index contributed by atoms with van der Waals surface area (Å²) < 4.78 is 17.6. The zero-order chi connectivity index (χ0) is 32.2.